The van der Waals surface area contributed by atoms with Crippen molar-refractivity contribution < 1.29 is 4.74 Å². The zero-order valence-electron chi connectivity index (χ0n) is 13.7. The van der Waals surface area contributed by atoms with Crippen molar-refractivity contribution in [1.29, 1.82) is 0 Å². The summed E-state index contributed by atoms with van der Waals surface area (Å²) in [6, 6.07) is 7.75. The van der Waals surface area contributed by atoms with Gasteiger partial charge in [-0.2, -0.15) is 5.10 Å². The summed E-state index contributed by atoms with van der Waals surface area (Å²) in [7, 11) is 3.40. The summed E-state index contributed by atoms with van der Waals surface area (Å²) in [5, 5.41) is 7.43. The van der Waals surface area contributed by atoms with E-state index in [2.05, 4.69) is 15.1 Å². The number of thiazole rings is 1. The molecule has 7 nitrogen and oxygen atoms in total. The van der Waals surface area contributed by atoms with Crippen LogP contribution in [0.3, 0.4) is 0 Å². The maximum absolute atomic E-state index is 12.5. The SMILES string of the molecule is COc1cccc(-c2nc(Cn3cnc4c(cnn4C)c3=O)cs2)c1. The molecule has 0 fully saturated rings. The van der Waals surface area contributed by atoms with Crippen LogP contribution >= 0.6 is 11.3 Å². The predicted molar refractivity (Wildman–Crippen MR) is 96.0 cm³/mol. The number of benzene rings is 1. The summed E-state index contributed by atoms with van der Waals surface area (Å²) in [5.74, 6) is 0.789. The van der Waals surface area contributed by atoms with Crippen LogP contribution in [0.4, 0.5) is 0 Å². The molecule has 1 aromatic carbocycles. The summed E-state index contributed by atoms with van der Waals surface area (Å²) in [5.41, 5.74) is 2.27. The highest BCUT2D eigenvalue weighted by atomic mass is 32.1. The fourth-order valence-corrected chi connectivity index (χ4v) is 3.43. The number of fused-ring (bicyclic) bond motifs is 1. The van der Waals surface area contributed by atoms with Crippen molar-refractivity contribution in [2.45, 2.75) is 6.54 Å². The Hall–Kier alpha value is -3.00. The molecule has 0 atom stereocenters. The zero-order chi connectivity index (χ0) is 17.4. The number of ether oxygens (including phenoxy) is 1. The van der Waals surface area contributed by atoms with Crippen LogP contribution in [0.1, 0.15) is 5.69 Å². The van der Waals surface area contributed by atoms with E-state index in [9.17, 15) is 4.79 Å². The third-order valence-corrected chi connectivity index (χ3v) is 4.86. The highest BCUT2D eigenvalue weighted by Crippen LogP contribution is 2.27. The minimum Gasteiger partial charge on any atom is -0.497 e. The summed E-state index contributed by atoms with van der Waals surface area (Å²) in [4.78, 5) is 21.5. The van der Waals surface area contributed by atoms with Gasteiger partial charge < -0.3 is 4.74 Å². The Labute approximate surface area is 147 Å². The van der Waals surface area contributed by atoms with Gasteiger partial charge >= 0.3 is 0 Å². The van der Waals surface area contributed by atoms with Gasteiger partial charge in [-0.25, -0.2) is 9.97 Å². The molecule has 0 aliphatic rings. The minimum atomic E-state index is -0.117. The maximum Gasteiger partial charge on any atom is 0.264 e. The second-order valence-corrected chi connectivity index (χ2v) is 6.42. The first-order valence-corrected chi connectivity index (χ1v) is 8.49. The molecule has 0 N–H and O–H groups in total. The van der Waals surface area contributed by atoms with Gasteiger partial charge in [-0.15, -0.1) is 11.3 Å². The lowest BCUT2D eigenvalue weighted by atomic mass is 10.2. The highest BCUT2D eigenvalue weighted by molar-refractivity contribution is 7.13. The first-order chi connectivity index (χ1) is 12.2. The zero-order valence-corrected chi connectivity index (χ0v) is 14.5. The van der Waals surface area contributed by atoms with E-state index in [4.69, 9.17) is 4.74 Å². The van der Waals surface area contributed by atoms with Gasteiger partial charge in [0.15, 0.2) is 5.65 Å². The molecule has 0 spiro atoms. The summed E-state index contributed by atoms with van der Waals surface area (Å²) < 4.78 is 8.39. The first kappa shape index (κ1) is 15.5. The van der Waals surface area contributed by atoms with E-state index in [-0.39, 0.29) is 5.56 Å². The Bertz CT molecular complexity index is 1110. The molecular weight excluding hydrogens is 338 g/mol. The van der Waals surface area contributed by atoms with E-state index in [1.807, 2.05) is 29.6 Å². The average molecular weight is 353 g/mol. The van der Waals surface area contributed by atoms with E-state index in [0.29, 0.717) is 17.6 Å². The molecule has 0 radical (unpaired) electrons. The highest BCUT2D eigenvalue weighted by Gasteiger charge is 2.11. The fourth-order valence-electron chi connectivity index (χ4n) is 2.62. The van der Waals surface area contributed by atoms with Crippen molar-refractivity contribution in [1.82, 2.24) is 24.3 Å². The number of methoxy groups -OCH3 is 1. The van der Waals surface area contributed by atoms with Gasteiger partial charge in [-0.3, -0.25) is 14.0 Å². The molecule has 4 rings (SSSR count). The van der Waals surface area contributed by atoms with E-state index in [0.717, 1.165) is 22.0 Å². The molecule has 0 saturated carbocycles. The fraction of sp³-hybridized carbons (Fsp3) is 0.176. The molecular formula is C17H15N5O2S. The topological polar surface area (TPSA) is 74.8 Å². The third kappa shape index (κ3) is 2.80. The molecule has 126 valence electrons. The van der Waals surface area contributed by atoms with Crippen molar-refractivity contribution in [3.8, 4) is 16.3 Å². The first-order valence-electron chi connectivity index (χ1n) is 7.61. The lowest BCUT2D eigenvalue weighted by molar-refractivity contribution is 0.415. The predicted octanol–water partition coefficient (Wildman–Crippen LogP) is 2.31. The van der Waals surface area contributed by atoms with Crippen LogP contribution < -0.4 is 10.3 Å². The van der Waals surface area contributed by atoms with Crippen molar-refractivity contribution in [3.63, 3.8) is 0 Å². The van der Waals surface area contributed by atoms with Crippen LogP contribution in [-0.2, 0) is 13.6 Å². The standard InChI is InChI=1S/C17H15N5O2S/c1-21-15-14(7-19-21)17(23)22(10-18-15)8-12-9-25-16(20-12)11-4-3-5-13(6-11)24-2/h3-7,9-10H,8H2,1-2H3. The van der Waals surface area contributed by atoms with Gasteiger partial charge in [-0.05, 0) is 12.1 Å². The van der Waals surface area contributed by atoms with E-state index >= 15 is 0 Å². The molecule has 3 heterocycles. The number of aromatic nitrogens is 5. The largest absolute Gasteiger partial charge is 0.497 e. The van der Waals surface area contributed by atoms with Gasteiger partial charge in [0.1, 0.15) is 22.5 Å². The van der Waals surface area contributed by atoms with Crippen LogP contribution in [0.25, 0.3) is 21.6 Å². The molecule has 4 aromatic rings. The molecule has 0 saturated heterocycles. The summed E-state index contributed by atoms with van der Waals surface area (Å²) >= 11 is 1.54. The Morgan fingerprint density at radius 1 is 1.32 bits per heavy atom. The number of hydrogen-bond donors (Lipinski definition) is 0. The smallest absolute Gasteiger partial charge is 0.264 e. The molecule has 0 aliphatic carbocycles. The van der Waals surface area contributed by atoms with Gasteiger partial charge in [0, 0.05) is 18.0 Å². The lowest BCUT2D eigenvalue weighted by Crippen LogP contribution is -2.21. The summed E-state index contributed by atoms with van der Waals surface area (Å²) in [6.07, 6.45) is 3.08. The molecule has 3 aromatic heterocycles. The lowest BCUT2D eigenvalue weighted by Gasteiger charge is -2.03. The third-order valence-electron chi connectivity index (χ3n) is 3.92. The molecule has 0 bridgehead atoms. The quantitative estimate of drug-likeness (QED) is 0.563. The minimum absolute atomic E-state index is 0.117. The average Bonchev–Trinajstić information content (AvgIpc) is 3.25. The Balaban J connectivity index is 1.65. The van der Waals surface area contributed by atoms with Crippen molar-refractivity contribution in [2.24, 2.45) is 7.05 Å². The van der Waals surface area contributed by atoms with Gasteiger partial charge in [0.2, 0.25) is 0 Å². The van der Waals surface area contributed by atoms with Crippen molar-refractivity contribution >= 4 is 22.4 Å². The molecule has 8 heteroatoms. The number of aryl methyl sites for hydroxylation is 1. The Morgan fingerprint density at radius 2 is 2.20 bits per heavy atom. The van der Waals surface area contributed by atoms with E-state index in [1.54, 1.807) is 29.6 Å². The van der Waals surface area contributed by atoms with E-state index in [1.165, 1.54) is 17.7 Å². The van der Waals surface area contributed by atoms with E-state index < -0.39 is 0 Å². The number of nitrogens with zero attached hydrogens (tertiary/aromatic N) is 5. The Kier molecular flexibility index (Phi) is 3.81. The van der Waals surface area contributed by atoms with Crippen LogP contribution in [-0.4, -0.2) is 31.4 Å². The molecule has 0 amide bonds. The van der Waals surface area contributed by atoms with Crippen LogP contribution in [0.5, 0.6) is 5.75 Å². The van der Waals surface area contributed by atoms with Crippen LogP contribution in [0.2, 0.25) is 0 Å². The molecule has 25 heavy (non-hydrogen) atoms. The van der Waals surface area contributed by atoms with Gasteiger partial charge in [0.05, 0.1) is 25.5 Å². The number of rotatable bonds is 4. The molecule has 0 unspecified atom stereocenters. The second-order valence-electron chi connectivity index (χ2n) is 5.56. The Morgan fingerprint density at radius 3 is 3.04 bits per heavy atom. The van der Waals surface area contributed by atoms with Gasteiger partial charge in [-0.1, -0.05) is 12.1 Å². The van der Waals surface area contributed by atoms with Crippen LogP contribution in [0, 0.1) is 0 Å². The van der Waals surface area contributed by atoms with Crippen LogP contribution in [0.15, 0.2) is 47.0 Å². The van der Waals surface area contributed by atoms with Gasteiger partial charge in [0.25, 0.3) is 5.56 Å². The van der Waals surface area contributed by atoms with Crippen molar-refractivity contribution in [2.75, 3.05) is 7.11 Å². The maximum atomic E-state index is 12.5. The monoisotopic (exact) mass is 353 g/mol. The summed E-state index contributed by atoms with van der Waals surface area (Å²) in [6.45, 7) is 0.372. The second kappa shape index (κ2) is 6.14. The molecule has 0 aliphatic heterocycles. The normalized spacial score (nSPS) is 11.1. The number of hydrogen-bond acceptors (Lipinski definition) is 6. The van der Waals surface area contributed by atoms with Crippen molar-refractivity contribution in [3.05, 3.63) is 58.2 Å².